The SMILES string of the molecule is Cc1ccccc1NC(=O)[C@@]12CC[C@@](C)(C(=O)O1)C2(C)C. The second-order valence-electron chi connectivity index (χ2n) is 6.94. The van der Waals surface area contributed by atoms with Crippen LogP contribution in [0.1, 0.15) is 39.2 Å². The summed E-state index contributed by atoms with van der Waals surface area (Å²) in [4.78, 5) is 25.1. The zero-order chi connectivity index (χ0) is 15.5. The summed E-state index contributed by atoms with van der Waals surface area (Å²) in [7, 11) is 0. The van der Waals surface area contributed by atoms with Crippen LogP contribution in [-0.2, 0) is 14.3 Å². The van der Waals surface area contributed by atoms with E-state index in [0.717, 1.165) is 11.3 Å². The Morgan fingerprint density at radius 2 is 1.86 bits per heavy atom. The van der Waals surface area contributed by atoms with E-state index in [-0.39, 0.29) is 11.9 Å². The van der Waals surface area contributed by atoms with Crippen molar-refractivity contribution in [2.45, 2.75) is 46.1 Å². The number of rotatable bonds is 2. The fourth-order valence-electron chi connectivity index (χ4n) is 3.68. The molecule has 2 bridgehead atoms. The lowest BCUT2D eigenvalue weighted by atomic mass is 9.66. The van der Waals surface area contributed by atoms with E-state index in [1.165, 1.54) is 0 Å². The van der Waals surface area contributed by atoms with E-state index in [4.69, 9.17) is 4.74 Å². The number of ether oxygens (including phenoxy) is 1. The van der Waals surface area contributed by atoms with Crippen LogP contribution in [0.2, 0.25) is 0 Å². The van der Waals surface area contributed by atoms with Gasteiger partial charge in [-0.15, -0.1) is 0 Å². The number of fused-ring (bicyclic) bond motifs is 2. The first-order valence-electron chi connectivity index (χ1n) is 7.35. The summed E-state index contributed by atoms with van der Waals surface area (Å²) in [5.41, 5.74) is -0.379. The first kappa shape index (κ1) is 14.1. The molecule has 1 amide bonds. The molecule has 2 atom stereocenters. The topological polar surface area (TPSA) is 55.4 Å². The van der Waals surface area contributed by atoms with Gasteiger partial charge in [0.25, 0.3) is 5.91 Å². The van der Waals surface area contributed by atoms with Crippen LogP contribution in [-0.4, -0.2) is 17.5 Å². The van der Waals surface area contributed by atoms with E-state index < -0.39 is 16.4 Å². The number of amides is 1. The number of hydrogen-bond acceptors (Lipinski definition) is 3. The van der Waals surface area contributed by atoms with Gasteiger partial charge in [0.15, 0.2) is 5.60 Å². The van der Waals surface area contributed by atoms with E-state index in [0.29, 0.717) is 12.8 Å². The second kappa shape index (κ2) is 4.09. The van der Waals surface area contributed by atoms with Gasteiger partial charge in [0.1, 0.15) is 0 Å². The maximum absolute atomic E-state index is 12.9. The minimum Gasteiger partial charge on any atom is -0.448 e. The summed E-state index contributed by atoms with van der Waals surface area (Å²) in [5.74, 6) is -0.463. The molecule has 4 heteroatoms. The number of benzene rings is 1. The second-order valence-corrected chi connectivity index (χ2v) is 6.94. The lowest BCUT2D eigenvalue weighted by Gasteiger charge is -2.35. The predicted octanol–water partition coefficient (Wildman–Crippen LogP) is 3.06. The molecule has 4 nitrogen and oxygen atoms in total. The molecule has 112 valence electrons. The molecule has 1 aliphatic heterocycles. The van der Waals surface area contributed by atoms with Crippen LogP contribution in [0.15, 0.2) is 24.3 Å². The van der Waals surface area contributed by atoms with Gasteiger partial charge in [-0.05, 0) is 38.3 Å². The number of carbonyl (C=O) groups excluding carboxylic acids is 2. The van der Waals surface area contributed by atoms with Crippen LogP contribution < -0.4 is 5.32 Å². The smallest absolute Gasteiger partial charge is 0.313 e. The van der Waals surface area contributed by atoms with E-state index in [1.807, 2.05) is 52.0 Å². The molecule has 1 saturated heterocycles. The van der Waals surface area contributed by atoms with Crippen molar-refractivity contribution < 1.29 is 14.3 Å². The standard InChI is InChI=1S/C17H21NO3/c1-11-7-5-6-8-12(11)18-13(19)17-10-9-16(4,14(20)21-17)15(17,2)3/h5-8H,9-10H2,1-4H3,(H,18,19)/t16-,17+/m0/s1. The van der Waals surface area contributed by atoms with Gasteiger partial charge in [0.2, 0.25) is 0 Å². The summed E-state index contributed by atoms with van der Waals surface area (Å²) in [6.45, 7) is 7.77. The molecule has 2 fully saturated rings. The number of anilines is 1. The lowest BCUT2D eigenvalue weighted by Crippen LogP contribution is -2.50. The molecule has 1 aromatic carbocycles. The number of carbonyl (C=O) groups is 2. The zero-order valence-corrected chi connectivity index (χ0v) is 12.9. The normalized spacial score (nSPS) is 32.9. The molecule has 0 aromatic heterocycles. The molecule has 0 radical (unpaired) electrons. The van der Waals surface area contributed by atoms with E-state index in [2.05, 4.69) is 5.32 Å². The lowest BCUT2D eigenvalue weighted by molar-refractivity contribution is -0.165. The van der Waals surface area contributed by atoms with Crippen molar-refractivity contribution >= 4 is 17.6 Å². The van der Waals surface area contributed by atoms with Crippen LogP contribution in [0.5, 0.6) is 0 Å². The summed E-state index contributed by atoms with van der Waals surface area (Å²) >= 11 is 0. The molecular formula is C17H21NO3. The Labute approximate surface area is 124 Å². The van der Waals surface area contributed by atoms with Crippen molar-refractivity contribution in [3.8, 4) is 0 Å². The van der Waals surface area contributed by atoms with E-state index in [9.17, 15) is 9.59 Å². The van der Waals surface area contributed by atoms with Crippen LogP contribution >= 0.6 is 0 Å². The Kier molecular flexibility index (Phi) is 2.75. The van der Waals surface area contributed by atoms with Gasteiger partial charge < -0.3 is 10.1 Å². The minimum atomic E-state index is -1.05. The number of aryl methyl sites for hydroxylation is 1. The minimum absolute atomic E-state index is 0.212. The van der Waals surface area contributed by atoms with Gasteiger partial charge >= 0.3 is 5.97 Å². The summed E-state index contributed by atoms with van der Waals surface area (Å²) < 4.78 is 5.59. The molecular weight excluding hydrogens is 266 g/mol. The number of nitrogens with one attached hydrogen (secondary N) is 1. The third-order valence-corrected chi connectivity index (χ3v) is 5.84. The van der Waals surface area contributed by atoms with Gasteiger partial charge in [-0.3, -0.25) is 9.59 Å². The van der Waals surface area contributed by atoms with Gasteiger partial charge in [0.05, 0.1) is 5.41 Å². The maximum atomic E-state index is 12.9. The quantitative estimate of drug-likeness (QED) is 0.851. The average molecular weight is 287 g/mol. The predicted molar refractivity (Wildman–Crippen MR) is 79.8 cm³/mol. The fraction of sp³-hybridized carbons (Fsp3) is 0.529. The Morgan fingerprint density at radius 3 is 2.38 bits per heavy atom. The van der Waals surface area contributed by atoms with Crippen LogP contribution in [0.25, 0.3) is 0 Å². The summed E-state index contributed by atoms with van der Waals surface area (Å²) in [6, 6.07) is 7.61. The van der Waals surface area contributed by atoms with E-state index in [1.54, 1.807) is 0 Å². The van der Waals surface area contributed by atoms with Gasteiger partial charge in [0, 0.05) is 11.1 Å². The molecule has 1 N–H and O–H groups in total. The summed E-state index contributed by atoms with van der Waals surface area (Å²) in [6.07, 6.45) is 1.28. The van der Waals surface area contributed by atoms with Crippen LogP contribution in [0, 0.1) is 17.8 Å². The Bertz CT molecular complexity index is 637. The van der Waals surface area contributed by atoms with Gasteiger partial charge in [-0.25, -0.2) is 0 Å². The molecule has 1 aromatic rings. The van der Waals surface area contributed by atoms with Gasteiger partial charge in [-0.1, -0.05) is 32.0 Å². The molecule has 2 aliphatic rings. The van der Waals surface area contributed by atoms with E-state index >= 15 is 0 Å². The Morgan fingerprint density at radius 1 is 1.19 bits per heavy atom. The number of para-hydroxylation sites is 1. The summed E-state index contributed by atoms with van der Waals surface area (Å²) in [5, 5.41) is 2.95. The zero-order valence-electron chi connectivity index (χ0n) is 12.9. The monoisotopic (exact) mass is 287 g/mol. The molecule has 1 heterocycles. The number of esters is 1. The van der Waals surface area contributed by atoms with Gasteiger partial charge in [-0.2, -0.15) is 0 Å². The van der Waals surface area contributed by atoms with Crippen molar-refractivity contribution in [2.24, 2.45) is 10.8 Å². The molecule has 3 rings (SSSR count). The van der Waals surface area contributed by atoms with Crippen molar-refractivity contribution in [3.63, 3.8) is 0 Å². The Balaban J connectivity index is 1.96. The highest BCUT2D eigenvalue weighted by Gasteiger charge is 2.75. The average Bonchev–Trinajstić information content (AvgIpc) is 2.72. The Hall–Kier alpha value is -1.84. The van der Waals surface area contributed by atoms with Crippen molar-refractivity contribution in [1.82, 2.24) is 0 Å². The number of hydrogen-bond donors (Lipinski definition) is 1. The van der Waals surface area contributed by atoms with Crippen molar-refractivity contribution in [3.05, 3.63) is 29.8 Å². The highest BCUT2D eigenvalue weighted by molar-refractivity contribution is 6.03. The molecule has 1 aliphatic carbocycles. The van der Waals surface area contributed by atoms with Crippen LogP contribution in [0.3, 0.4) is 0 Å². The van der Waals surface area contributed by atoms with Crippen LogP contribution in [0.4, 0.5) is 5.69 Å². The largest absolute Gasteiger partial charge is 0.448 e. The first-order valence-corrected chi connectivity index (χ1v) is 7.35. The fourth-order valence-corrected chi connectivity index (χ4v) is 3.68. The molecule has 21 heavy (non-hydrogen) atoms. The molecule has 0 unspecified atom stereocenters. The molecule has 0 spiro atoms. The highest BCUT2D eigenvalue weighted by atomic mass is 16.6. The first-order chi connectivity index (χ1) is 9.74. The third-order valence-electron chi connectivity index (χ3n) is 5.84. The van der Waals surface area contributed by atoms with Crippen molar-refractivity contribution in [2.75, 3.05) is 5.32 Å². The molecule has 1 saturated carbocycles. The highest BCUT2D eigenvalue weighted by Crippen LogP contribution is 2.65. The maximum Gasteiger partial charge on any atom is 0.313 e. The van der Waals surface area contributed by atoms with Crippen molar-refractivity contribution in [1.29, 1.82) is 0 Å². The third kappa shape index (κ3) is 1.56.